The summed E-state index contributed by atoms with van der Waals surface area (Å²) in [7, 11) is 0. The van der Waals surface area contributed by atoms with Gasteiger partial charge in [0.2, 0.25) is 0 Å². The first kappa shape index (κ1) is 17.4. The molecule has 0 aromatic carbocycles. The van der Waals surface area contributed by atoms with Gasteiger partial charge in [0.05, 0.1) is 44.9 Å². The van der Waals surface area contributed by atoms with Gasteiger partial charge in [0.1, 0.15) is 0 Å². The van der Waals surface area contributed by atoms with Crippen LogP contribution in [0.4, 0.5) is 0 Å². The van der Waals surface area contributed by atoms with Crippen LogP contribution in [0.3, 0.4) is 0 Å². The molecule has 0 aromatic rings. The van der Waals surface area contributed by atoms with E-state index in [1.807, 2.05) is 0 Å². The van der Waals surface area contributed by atoms with Crippen LogP contribution in [-0.4, -0.2) is 50.9 Å². The van der Waals surface area contributed by atoms with Crippen molar-refractivity contribution >= 4 is 17.9 Å². The van der Waals surface area contributed by atoms with Gasteiger partial charge in [-0.2, -0.15) is 0 Å². The number of ether oxygens (including phenoxy) is 4. The maximum Gasteiger partial charge on any atom is 0.321 e. The Morgan fingerprint density at radius 1 is 0.952 bits per heavy atom. The minimum atomic E-state index is -1.17. The molecule has 1 aliphatic rings. The Bertz CT molecular complexity index is 369. The third-order valence-corrected chi connectivity index (χ3v) is 3.24. The fourth-order valence-electron chi connectivity index (χ4n) is 2.28. The van der Waals surface area contributed by atoms with Gasteiger partial charge in [-0.15, -0.1) is 0 Å². The predicted molar refractivity (Wildman–Crippen MR) is 71.3 cm³/mol. The van der Waals surface area contributed by atoms with E-state index in [2.05, 4.69) is 0 Å². The minimum Gasteiger partial charge on any atom is -0.466 e. The summed E-state index contributed by atoms with van der Waals surface area (Å²) in [6.45, 7) is 5.75. The molecule has 0 bridgehead atoms. The molecule has 7 heteroatoms. The smallest absolute Gasteiger partial charge is 0.321 e. The molecule has 21 heavy (non-hydrogen) atoms. The highest BCUT2D eigenvalue weighted by Gasteiger charge is 2.55. The lowest BCUT2D eigenvalue weighted by molar-refractivity contribution is -0.198. The molecule has 0 saturated carbocycles. The number of carbonyl (C=O) groups is 3. The first-order chi connectivity index (χ1) is 10.0. The van der Waals surface area contributed by atoms with E-state index in [0.717, 1.165) is 0 Å². The van der Waals surface area contributed by atoms with Gasteiger partial charge in [-0.3, -0.25) is 14.4 Å². The lowest BCUT2D eigenvalue weighted by Crippen LogP contribution is -2.56. The molecule has 1 heterocycles. The van der Waals surface area contributed by atoms with Crippen LogP contribution >= 0.6 is 0 Å². The van der Waals surface area contributed by atoms with Gasteiger partial charge in [-0.05, 0) is 20.8 Å². The van der Waals surface area contributed by atoms with E-state index in [-0.39, 0.29) is 39.5 Å². The van der Waals surface area contributed by atoms with Gasteiger partial charge in [0.25, 0.3) is 0 Å². The van der Waals surface area contributed by atoms with Gasteiger partial charge in [0, 0.05) is 0 Å². The molecule has 0 amide bonds. The zero-order valence-corrected chi connectivity index (χ0v) is 12.7. The number of esters is 3. The Balaban J connectivity index is 2.94. The van der Waals surface area contributed by atoms with Crippen molar-refractivity contribution in [3.63, 3.8) is 0 Å². The lowest BCUT2D eigenvalue weighted by atomic mass is 9.71. The molecule has 120 valence electrons. The Morgan fingerprint density at radius 2 is 1.43 bits per heavy atom. The average molecular weight is 302 g/mol. The number of carbonyl (C=O) groups excluding carboxylic acids is 3. The van der Waals surface area contributed by atoms with Crippen LogP contribution < -0.4 is 0 Å². The summed E-state index contributed by atoms with van der Waals surface area (Å²) in [6, 6.07) is 0. The van der Waals surface area contributed by atoms with Crippen molar-refractivity contribution in [2.45, 2.75) is 27.2 Å². The summed E-state index contributed by atoms with van der Waals surface area (Å²) in [5, 5.41) is 0. The monoisotopic (exact) mass is 302 g/mol. The van der Waals surface area contributed by atoms with E-state index in [1.54, 1.807) is 20.8 Å². The molecular formula is C14H22O7. The van der Waals surface area contributed by atoms with Crippen LogP contribution in [0.25, 0.3) is 0 Å². The van der Waals surface area contributed by atoms with E-state index in [0.29, 0.717) is 0 Å². The van der Waals surface area contributed by atoms with Crippen LogP contribution in [-0.2, 0) is 33.3 Å². The molecule has 1 saturated heterocycles. The molecule has 1 fully saturated rings. The summed E-state index contributed by atoms with van der Waals surface area (Å²) in [6.07, 6.45) is -0.0802. The second kappa shape index (κ2) is 7.97. The van der Waals surface area contributed by atoms with Gasteiger partial charge < -0.3 is 18.9 Å². The molecule has 1 aliphatic heterocycles. The average Bonchev–Trinajstić information content (AvgIpc) is 2.37. The lowest BCUT2D eigenvalue weighted by Gasteiger charge is -2.43. The third-order valence-electron chi connectivity index (χ3n) is 3.24. The topological polar surface area (TPSA) is 88.1 Å². The predicted octanol–water partition coefficient (Wildman–Crippen LogP) is 0.699. The van der Waals surface area contributed by atoms with Gasteiger partial charge in [-0.25, -0.2) is 0 Å². The van der Waals surface area contributed by atoms with Gasteiger partial charge in [0.15, 0.2) is 5.92 Å². The van der Waals surface area contributed by atoms with E-state index < -0.39 is 29.2 Å². The first-order valence-corrected chi connectivity index (χ1v) is 7.07. The molecule has 0 N–H and O–H groups in total. The number of hydrogen-bond acceptors (Lipinski definition) is 7. The third kappa shape index (κ3) is 4.17. The summed E-state index contributed by atoms with van der Waals surface area (Å²) in [5.74, 6) is -3.03. The summed E-state index contributed by atoms with van der Waals surface area (Å²) in [4.78, 5) is 36.0. The molecule has 1 rings (SSSR count). The normalized spacial score (nSPS) is 16.0. The van der Waals surface area contributed by atoms with E-state index in [4.69, 9.17) is 18.9 Å². The number of hydrogen-bond donors (Lipinski definition) is 0. The van der Waals surface area contributed by atoms with Gasteiger partial charge >= 0.3 is 17.9 Å². The molecule has 0 aromatic heterocycles. The molecular weight excluding hydrogens is 280 g/mol. The van der Waals surface area contributed by atoms with Gasteiger partial charge in [-0.1, -0.05) is 0 Å². The Kier molecular flexibility index (Phi) is 6.61. The second-order valence-corrected chi connectivity index (χ2v) is 4.77. The highest BCUT2D eigenvalue weighted by Crippen LogP contribution is 2.41. The molecule has 0 spiro atoms. The standard InChI is InChI=1S/C14H22O7/c1-4-19-10(15)7-14(8-18-9-14)11(12(16)20-5-2)13(17)21-6-3/h11H,4-9H2,1-3H3. The van der Waals surface area contributed by atoms with Crippen molar-refractivity contribution in [3.05, 3.63) is 0 Å². The van der Waals surface area contributed by atoms with Crippen LogP contribution in [0.15, 0.2) is 0 Å². The number of rotatable bonds is 8. The summed E-state index contributed by atoms with van der Waals surface area (Å²) >= 11 is 0. The molecule has 0 aliphatic carbocycles. The Labute approximate surface area is 123 Å². The van der Waals surface area contributed by atoms with E-state index >= 15 is 0 Å². The van der Waals surface area contributed by atoms with Crippen molar-refractivity contribution in [3.8, 4) is 0 Å². The van der Waals surface area contributed by atoms with Crippen molar-refractivity contribution < 1.29 is 33.3 Å². The van der Waals surface area contributed by atoms with Crippen LogP contribution in [0.1, 0.15) is 27.2 Å². The first-order valence-electron chi connectivity index (χ1n) is 7.07. The zero-order chi connectivity index (χ0) is 15.9. The maximum absolute atomic E-state index is 12.1. The van der Waals surface area contributed by atoms with Crippen molar-refractivity contribution in [2.75, 3.05) is 33.0 Å². The largest absolute Gasteiger partial charge is 0.466 e. The SMILES string of the molecule is CCOC(=O)CC1(C(C(=O)OCC)C(=O)OCC)COC1. The quantitative estimate of drug-likeness (QED) is 0.370. The van der Waals surface area contributed by atoms with Crippen molar-refractivity contribution in [2.24, 2.45) is 11.3 Å². The van der Waals surface area contributed by atoms with E-state index in [1.165, 1.54) is 0 Å². The fraction of sp³-hybridized carbons (Fsp3) is 0.786. The molecule has 7 nitrogen and oxygen atoms in total. The zero-order valence-electron chi connectivity index (χ0n) is 12.7. The van der Waals surface area contributed by atoms with Crippen molar-refractivity contribution in [1.29, 1.82) is 0 Å². The second-order valence-electron chi connectivity index (χ2n) is 4.77. The Hall–Kier alpha value is -1.63. The van der Waals surface area contributed by atoms with Crippen molar-refractivity contribution in [1.82, 2.24) is 0 Å². The molecule has 0 atom stereocenters. The Morgan fingerprint density at radius 3 is 1.76 bits per heavy atom. The van der Waals surface area contributed by atoms with Crippen LogP contribution in [0, 0.1) is 11.3 Å². The van der Waals surface area contributed by atoms with Crippen LogP contribution in [0.5, 0.6) is 0 Å². The fourth-order valence-corrected chi connectivity index (χ4v) is 2.28. The van der Waals surface area contributed by atoms with E-state index in [9.17, 15) is 14.4 Å². The maximum atomic E-state index is 12.1. The molecule has 0 unspecified atom stereocenters. The highest BCUT2D eigenvalue weighted by molar-refractivity contribution is 5.96. The van der Waals surface area contributed by atoms with Crippen LogP contribution in [0.2, 0.25) is 0 Å². The summed E-state index contributed by atoms with van der Waals surface area (Å²) in [5.41, 5.74) is -0.940. The molecule has 0 radical (unpaired) electrons. The highest BCUT2D eigenvalue weighted by atomic mass is 16.6. The minimum absolute atomic E-state index is 0.0802. The summed E-state index contributed by atoms with van der Waals surface area (Å²) < 4.78 is 19.9.